The number of carbonyl (C=O) groups is 2. The molecule has 0 saturated heterocycles. The fourth-order valence-electron chi connectivity index (χ4n) is 3.34. The maximum absolute atomic E-state index is 13.3. The predicted octanol–water partition coefficient (Wildman–Crippen LogP) is 4.39. The Morgan fingerprint density at radius 3 is 2.52 bits per heavy atom. The number of thiophene rings is 1. The molecule has 3 rings (SSSR count). The van der Waals surface area contributed by atoms with Crippen LogP contribution in [0.4, 0.5) is 4.39 Å². The summed E-state index contributed by atoms with van der Waals surface area (Å²) >= 11 is 1.48. The maximum atomic E-state index is 13.3. The Morgan fingerprint density at radius 2 is 1.93 bits per heavy atom. The average Bonchev–Trinajstić information content (AvgIpc) is 3.33. The second kappa shape index (κ2) is 9.05. The average molecular weight is 415 g/mol. The number of esters is 1. The molecule has 0 aliphatic carbocycles. The molecule has 3 aromatic rings. The van der Waals surface area contributed by atoms with Crippen molar-refractivity contribution in [2.45, 2.75) is 33.4 Å². The highest BCUT2D eigenvalue weighted by molar-refractivity contribution is 7.10. The van der Waals surface area contributed by atoms with E-state index in [1.165, 1.54) is 23.5 Å². The quantitative estimate of drug-likeness (QED) is 0.584. The van der Waals surface area contributed by atoms with Crippen molar-refractivity contribution in [1.29, 1.82) is 0 Å². The van der Waals surface area contributed by atoms with Crippen molar-refractivity contribution < 1.29 is 18.7 Å². The van der Waals surface area contributed by atoms with Crippen LogP contribution in [0, 0.1) is 19.7 Å². The molecular weight excluding hydrogens is 391 g/mol. The van der Waals surface area contributed by atoms with E-state index in [0.29, 0.717) is 5.56 Å². The fraction of sp³-hybridized carbons (Fsp3) is 0.273. The molecule has 0 radical (unpaired) electrons. The normalized spacial score (nSPS) is 11.9. The van der Waals surface area contributed by atoms with E-state index >= 15 is 0 Å². The molecule has 1 amide bonds. The van der Waals surface area contributed by atoms with Crippen LogP contribution in [-0.2, 0) is 16.1 Å². The number of halogens is 1. The molecule has 0 spiro atoms. The van der Waals surface area contributed by atoms with Gasteiger partial charge in [0.2, 0.25) is 0 Å². The lowest BCUT2D eigenvalue weighted by Crippen LogP contribution is -2.32. The van der Waals surface area contributed by atoms with Crippen molar-refractivity contribution in [1.82, 2.24) is 9.88 Å². The molecule has 0 bridgehead atoms. The highest BCUT2D eigenvalue weighted by Crippen LogP contribution is 2.26. The van der Waals surface area contributed by atoms with Gasteiger partial charge in [-0.2, -0.15) is 0 Å². The van der Waals surface area contributed by atoms with E-state index in [-0.39, 0.29) is 5.82 Å². The van der Waals surface area contributed by atoms with Gasteiger partial charge in [0.25, 0.3) is 5.91 Å². The number of rotatable bonds is 7. The number of amides is 1. The van der Waals surface area contributed by atoms with E-state index < -0.39 is 24.5 Å². The smallest absolute Gasteiger partial charge is 0.340 e. The lowest BCUT2D eigenvalue weighted by Gasteiger charge is -2.18. The van der Waals surface area contributed by atoms with Crippen molar-refractivity contribution in [3.63, 3.8) is 0 Å². The van der Waals surface area contributed by atoms with Gasteiger partial charge in [-0.3, -0.25) is 4.79 Å². The zero-order valence-electron chi connectivity index (χ0n) is 16.6. The Kier molecular flexibility index (Phi) is 6.49. The molecule has 5 nitrogen and oxygen atoms in total. The van der Waals surface area contributed by atoms with E-state index in [2.05, 4.69) is 5.32 Å². The Bertz CT molecular complexity index is 994. The molecule has 1 N–H and O–H groups in total. The summed E-state index contributed by atoms with van der Waals surface area (Å²) < 4.78 is 20.5. The topological polar surface area (TPSA) is 60.3 Å². The summed E-state index contributed by atoms with van der Waals surface area (Å²) in [5, 5.41) is 4.78. The minimum Gasteiger partial charge on any atom is -0.452 e. The van der Waals surface area contributed by atoms with Crippen LogP contribution < -0.4 is 5.32 Å². The van der Waals surface area contributed by atoms with Gasteiger partial charge in [0, 0.05) is 22.8 Å². The van der Waals surface area contributed by atoms with Crippen LogP contribution in [0.3, 0.4) is 0 Å². The van der Waals surface area contributed by atoms with Gasteiger partial charge in [0.1, 0.15) is 5.82 Å². The van der Waals surface area contributed by atoms with Crippen LogP contribution in [0.25, 0.3) is 0 Å². The second-order valence-electron chi connectivity index (χ2n) is 6.67. The molecule has 2 aromatic heterocycles. The van der Waals surface area contributed by atoms with Gasteiger partial charge in [-0.25, -0.2) is 9.18 Å². The number of benzene rings is 1. The van der Waals surface area contributed by atoms with Crippen molar-refractivity contribution in [2.75, 3.05) is 6.61 Å². The molecule has 0 aliphatic heterocycles. The Balaban J connectivity index is 1.68. The number of nitrogens with zero attached hydrogens (tertiary/aromatic N) is 1. The lowest BCUT2D eigenvalue weighted by atomic mass is 10.1. The highest BCUT2D eigenvalue weighted by atomic mass is 32.1. The van der Waals surface area contributed by atoms with Gasteiger partial charge in [-0.1, -0.05) is 18.2 Å². The van der Waals surface area contributed by atoms with E-state index in [9.17, 15) is 14.0 Å². The minimum absolute atomic E-state index is 0.344. The van der Waals surface area contributed by atoms with Crippen molar-refractivity contribution in [3.8, 4) is 0 Å². The summed E-state index contributed by atoms with van der Waals surface area (Å²) in [4.78, 5) is 25.8. The van der Waals surface area contributed by atoms with Crippen molar-refractivity contribution >= 4 is 23.2 Å². The number of aromatic nitrogens is 1. The van der Waals surface area contributed by atoms with E-state index in [1.54, 1.807) is 18.2 Å². The van der Waals surface area contributed by atoms with Crippen LogP contribution in [0.2, 0.25) is 0 Å². The summed E-state index contributed by atoms with van der Waals surface area (Å²) in [7, 11) is 0. The fourth-order valence-corrected chi connectivity index (χ4v) is 4.14. The molecule has 29 heavy (non-hydrogen) atoms. The molecule has 152 valence electrons. The Labute approximate surface area is 173 Å². The summed E-state index contributed by atoms with van der Waals surface area (Å²) in [6, 6.07) is 11.1. The summed E-state index contributed by atoms with van der Waals surface area (Å²) in [6.45, 7) is 6.15. The van der Waals surface area contributed by atoms with Crippen LogP contribution in [0.1, 0.15) is 45.2 Å². The first-order chi connectivity index (χ1) is 13.9. The predicted molar refractivity (Wildman–Crippen MR) is 111 cm³/mol. The highest BCUT2D eigenvalue weighted by Gasteiger charge is 2.21. The van der Waals surface area contributed by atoms with Crippen LogP contribution >= 0.6 is 11.3 Å². The molecule has 7 heteroatoms. The molecule has 0 fully saturated rings. The van der Waals surface area contributed by atoms with Crippen molar-refractivity contribution in [2.24, 2.45) is 0 Å². The number of nitrogens with one attached hydrogen (secondary N) is 1. The van der Waals surface area contributed by atoms with Gasteiger partial charge in [-0.05, 0) is 56.0 Å². The molecule has 0 saturated carbocycles. The summed E-state index contributed by atoms with van der Waals surface area (Å²) in [5.41, 5.74) is 3.00. The Hall–Kier alpha value is -2.93. The minimum atomic E-state index is -0.526. The number of carbonyl (C=O) groups excluding carboxylic acids is 2. The standard InChI is InChI=1S/C22H23FN2O3S/c1-4-25-14(2)12-18(15(25)3)22(27)28-13-20(26)24-21(19-6-5-11-29-19)16-7-9-17(23)10-8-16/h5-12,21H,4,13H2,1-3H3,(H,24,26)/t21-/m0/s1. The number of ether oxygens (including phenoxy) is 1. The SMILES string of the molecule is CCn1c(C)cc(C(=O)OCC(=O)N[C@@H](c2ccc(F)cc2)c2cccs2)c1C. The number of aryl methyl sites for hydroxylation is 1. The monoisotopic (exact) mass is 414 g/mol. The summed E-state index contributed by atoms with van der Waals surface area (Å²) in [6.07, 6.45) is 0. The molecule has 1 aromatic carbocycles. The third-order valence-electron chi connectivity index (χ3n) is 4.78. The third kappa shape index (κ3) is 4.74. The molecule has 2 heterocycles. The lowest BCUT2D eigenvalue weighted by molar-refractivity contribution is -0.124. The summed E-state index contributed by atoms with van der Waals surface area (Å²) in [5.74, 6) is -1.30. The van der Waals surface area contributed by atoms with E-state index in [1.807, 2.05) is 42.9 Å². The van der Waals surface area contributed by atoms with Gasteiger partial charge < -0.3 is 14.6 Å². The number of hydrogen-bond acceptors (Lipinski definition) is 4. The van der Waals surface area contributed by atoms with Crippen LogP contribution in [0.5, 0.6) is 0 Å². The van der Waals surface area contributed by atoms with Crippen molar-refractivity contribution in [3.05, 3.63) is 81.1 Å². The Morgan fingerprint density at radius 1 is 1.21 bits per heavy atom. The zero-order chi connectivity index (χ0) is 21.0. The van der Waals surface area contributed by atoms with Gasteiger partial charge in [0.05, 0.1) is 11.6 Å². The first-order valence-corrected chi connectivity index (χ1v) is 10.2. The zero-order valence-corrected chi connectivity index (χ0v) is 17.4. The third-order valence-corrected chi connectivity index (χ3v) is 5.72. The largest absolute Gasteiger partial charge is 0.452 e. The van der Waals surface area contributed by atoms with Gasteiger partial charge in [0.15, 0.2) is 6.61 Å². The molecule has 1 atom stereocenters. The molecule has 0 unspecified atom stereocenters. The van der Waals surface area contributed by atoms with Gasteiger partial charge >= 0.3 is 5.97 Å². The number of hydrogen-bond donors (Lipinski definition) is 1. The van der Waals surface area contributed by atoms with E-state index in [0.717, 1.165) is 28.4 Å². The van der Waals surface area contributed by atoms with Crippen LogP contribution in [0.15, 0.2) is 47.8 Å². The molecular formula is C22H23FN2O3S. The van der Waals surface area contributed by atoms with Crippen LogP contribution in [-0.4, -0.2) is 23.1 Å². The molecule has 0 aliphatic rings. The van der Waals surface area contributed by atoms with Gasteiger partial charge in [-0.15, -0.1) is 11.3 Å². The van der Waals surface area contributed by atoms with E-state index in [4.69, 9.17) is 4.74 Å². The first kappa shape index (κ1) is 20.8. The first-order valence-electron chi connectivity index (χ1n) is 9.32. The maximum Gasteiger partial charge on any atom is 0.340 e. The second-order valence-corrected chi connectivity index (χ2v) is 7.65.